The van der Waals surface area contributed by atoms with Crippen LogP contribution in [0.2, 0.25) is 0 Å². The van der Waals surface area contributed by atoms with Crippen LogP contribution in [-0.4, -0.2) is 32.6 Å². The third kappa shape index (κ3) is 3.82. The molecule has 0 saturated carbocycles. The summed E-state index contributed by atoms with van der Waals surface area (Å²) in [6.45, 7) is 1.27. The Morgan fingerprint density at radius 3 is 2.25 bits per heavy atom. The van der Waals surface area contributed by atoms with Crippen LogP contribution in [0.5, 0.6) is 0 Å². The average molecular weight is 197 g/mol. The van der Waals surface area contributed by atoms with Crippen molar-refractivity contribution in [2.75, 3.05) is 0 Å². The van der Waals surface area contributed by atoms with Crippen LogP contribution in [0.25, 0.3) is 0 Å². The molecule has 7 heteroatoms. The monoisotopic (exact) mass is 197 g/mol. The van der Waals surface area contributed by atoms with Crippen molar-refractivity contribution < 1.29 is 24.3 Å². The summed E-state index contributed by atoms with van der Waals surface area (Å²) in [5.74, 6) is -1.25. The van der Waals surface area contributed by atoms with Gasteiger partial charge in [0.15, 0.2) is 0 Å². The molecule has 0 aliphatic rings. The predicted octanol–water partition coefficient (Wildman–Crippen LogP) is -0.645. The zero-order chi connectivity index (χ0) is 9.94. The lowest BCUT2D eigenvalue weighted by Crippen LogP contribution is -2.33. The Kier molecular flexibility index (Phi) is 3.86. The van der Waals surface area contributed by atoms with E-state index in [-0.39, 0.29) is 6.42 Å². The van der Waals surface area contributed by atoms with Gasteiger partial charge < -0.3 is 20.6 Å². The van der Waals surface area contributed by atoms with Gasteiger partial charge in [-0.3, -0.25) is 9.36 Å². The molecule has 0 aliphatic carbocycles. The molecule has 0 radical (unpaired) electrons. The second kappa shape index (κ2) is 4.00. The first-order valence-corrected chi connectivity index (χ1v) is 4.97. The largest absolute Gasteiger partial charge is 0.480 e. The van der Waals surface area contributed by atoms with Crippen molar-refractivity contribution in [1.82, 2.24) is 0 Å². The minimum Gasteiger partial charge on any atom is -0.480 e. The van der Waals surface area contributed by atoms with Gasteiger partial charge in [-0.1, -0.05) is 6.92 Å². The number of nitrogens with two attached hydrogens (primary N) is 1. The normalized spacial score (nSPS) is 17.0. The molecule has 0 aliphatic heterocycles. The second-order valence-corrected chi connectivity index (χ2v) is 4.68. The van der Waals surface area contributed by atoms with Crippen LogP contribution in [-0.2, 0) is 9.36 Å². The van der Waals surface area contributed by atoms with E-state index in [2.05, 4.69) is 0 Å². The summed E-state index contributed by atoms with van der Waals surface area (Å²) < 4.78 is 10.5. The van der Waals surface area contributed by atoms with Gasteiger partial charge in [-0.05, 0) is 6.42 Å². The molecule has 6 nitrogen and oxygen atoms in total. The van der Waals surface area contributed by atoms with E-state index in [1.165, 1.54) is 6.92 Å². The van der Waals surface area contributed by atoms with Crippen molar-refractivity contribution >= 4 is 13.6 Å². The summed E-state index contributed by atoms with van der Waals surface area (Å²) in [5, 5.41) is 8.32. The molecule has 0 aromatic heterocycles. The quantitative estimate of drug-likeness (QED) is 0.444. The summed E-state index contributed by atoms with van der Waals surface area (Å²) in [4.78, 5) is 27.3. The molecule has 72 valence electrons. The number of carbonyl (C=O) groups is 1. The summed E-state index contributed by atoms with van der Waals surface area (Å²) >= 11 is 0. The van der Waals surface area contributed by atoms with Crippen molar-refractivity contribution in [2.45, 2.75) is 25.0 Å². The summed E-state index contributed by atoms with van der Waals surface area (Å²) in [6, 6.07) is -1.22. The van der Waals surface area contributed by atoms with Crippen LogP contribution < -0.4 is 5.73 Å². The summed E-state index contributed by atoms with van der Waals surface area (Å²) in [6.07, 6.45) is -0.223. The maximum atomic E-state index is 10.5. The molecule has 0 fully saturated rings. The molecular formula is C5H12NO5P. The summed E-state index contributed by atoms with van der Waals surface area (Å²) in [7, 11) is -4.19. The van der Waals surface area contributed by atoms with Crippen molar-refractivity contribution in [3.63, 3.8) is 0 Å². The van der Waals surface area contributed by atoms with Crippen LogP contribution in [0.1, 0.15) is 13.3 Å². The average Bonchev–Trinajstić information content (AvgIpc) is 1.85. The van der Waals surface area contributed by atoms with Crippen LogP contribution >= 0.6 is 7.60 Å². The lowest BCUT2D eigenvalue weighted by molar-refractivity contribution is -0.138. The molecule has 0 rings (SSSR count). The van der Waals surface area contributed by atoms with Crippen molar-refractivity contribution in [1.29, 1.82) is 0 Å². The lowest BCUT2D eigenvalue weighted by atomic mass is 10.2. The lowest BCUT2D eigenvalue weighted by Gasteiger charge is -2.14. The number of hydrogen-bond donors (Lipinski definition) is 4. The minimum atomic E-state index is -4.19. The van der Waals surface area contributed by atoms with Crippen LogP contribution in [0, 0.1) is 0 Å². The number of aliphatic carboxylic acids is 1. The fourth-order valence-electron chi connectivity index (χ4n) is 0.606. The molecule has 0 spiro atoms. The Morgan fingerprint density at radius 2 is 2.00 bits per heavy atom. The van der Waals surface area contributed by atoms with E-state index in [0.29, 0.717) is 0 Å². The van der Waals surface area contributed by atoms with Gasteiger partial charge in [0.25, 0.3) is 0 Å². The van der Waals surface area contributed by atoms with E-state index in [9.17, 15) is 9.36 Å². The second-order valence-electron chi connectivity index (χ2n) is 2.62. The number of hydrogen-bond acceptors (Lipinski definition) is 3. The zero-order valence-corrected chi connectivity index (χ0v) is 7.44. The highest BCUT2D eigenvalue weighted by Crippen LogP contribution is 2.42. The molecule has 2 atom stereocenters. The molecule has 5 N–H and O–H groups in total. The molecule has 0 amide bonds. The Balaban J connectivity index is 4.11. The maximum absolute atomic E-state index is 10.5. The van der Waals surface area contributed by atoms with E-state index >= 15 is 0 Å². The number of carboxylic acid groups (broad SMARTS) is 1. The third-order valence-electron chi connectivity index (χ3n) is 1.49. The highest BCUT2D eigenvalue weighted by Gasteiger charge is 2.27. The Hall–Kier alpha value is -0.420. The van der Waals surface area contributed by atoms with Crippen molar-refractivity contribution in [3.8, 4) is 0 Å². The molecular weight excluding hydrogens is 185 g/mol. The molecule has 1 unspecified atom stereocenters. The van der Waals surface area contributed by atoms with Gasteiger partial charge in [0.2, 0.25) is 0 Å². The van der Waals surface area contributed by atoms with E-state index < -0.39 is 25.3 Å². The first-order chi connectivity index (χ1) is 5.25. The first kappa shape index (κ1) is 11.6. The first-order valence-electron chi connectivity index (χ1n) is 3.28. The zero-order valence-electron chi connectivity index (χ0n) is 6.54. The van der Waals surface area contributed by atoms with E-state index in [0.717, 1.165) is 0 Å². The van der Waals surface area contributed by atoms with Crippen molar-refractivity contribution in [2.24, 2.45) is 5.73 Å². The standard InChI is InChI=1S/C5H12NO5P/c1-3(12(9,10)11)2-4(6)5(7)8/h3-4H,2,6H2,1H3,(H,7,8)(H2,9,10,11)/t3?,4-/m0/s1. The van der Waals surface area contributed by atoms with Crippen LogP contribution in [0.3, 0.4) is 0 Å². The van der Waals surface area contributed by atoms with Crippen molar-refractivity contribution in [3.05, 3.63) is 0 Å². The third-order valence-corrected chi connectivity index (χ3v) is 2.85. The van der Waals surface area contributed by atoms with E-state index in [4.69, 9.17) is 20.6 Å². The van der Waals surface area contributed by atoms with Gasteiger partial charge in [-0.25, -0.2) is 0 Å². The van der Waals surface area contributed by atoms with Gasteiger partial charge >= 0.3 is 13.6 Å². The predicted molar refractivity (Wildman–Crippen MR) is 41.7 cm³/mol. The Bertz CT molecular complexity index is 212. The summed E-state index contributed by atoms with van der Waals surface area (Å²) in [5.41, 5.74) is 4.06. The van der Waals surface area contributed by atoms with Gasteiger partial charge in [0.05, 0.1) is 5.66 Å². The van der Waals surface area contributed by atoms with Gasteiger partial charge in [-0.15, -0.1) is 0 Å². The van der Waals surface area contributed by atoms with Crippen LogP contribution in [0.4, 0.5) is 0 Å². The fraction of sp³-hybridized carbons (Fsp3) is 0.800. The number of rotatable bonds is 4. The number of carboxylic acids is 1. The fourth-order valence-corrected chi connectivity index (χ4v) is 1.11. The van der Waals surface area contributed by atoms with E-state index in [1.807, 2.05) is 0 Å². The SMILES string of the molecule is CC(C[C@H](N)C(=O)O)P(=O)(O)O. The molecule has 12 heavy (non-hydrogen) atoms. The van der Waals surface area contributed by atoms with E-state index in [1.54, 1.807) is 0 Å². The highest BCUT2D eigenvalue weighted by atomic mass is 31.2. The Morgan fingerprint density at radius 1 is 1.58 bits per heavy atom. The molecule has 0 aromatic rings. The molecule has 0 bridgehead atoms. The Labute approximate surface area is 69.5 Å². The van der Waals surface area contributed by atoms with Gasteiger partial charge in [0, 0.05) is 0 Å². The maximum Gasteiger partial charge on any atom is 0.328 e. The molecule has 0 aromatic carbocycles. The smallest absolute Gasteiger partial charge is 0.328 e. The molecule has 0 heterocycles. The van der Waals surface area contributed by atoms with Crippen LogP contribution in [0.15, 0.2) is 0 Å². The molecule has 0 saturated heterocycles. The topological polar surface area (TPSA) is 121 Å². The highest BCUT2D eigenvalue weighted by molar-refractivity contribution is 7.52. The minimum absolute atomic E-state index is 0.223. The van der Waals surface area contributed by atoms with Gasteiger partial charge in [-0.2, -0.15) is 0 Å². The van der Waals surface area contributed by atoms with Gasteiger partial charge in [0.1, 0.15) is 6.04 Å².